The van der Waals surface area contributed by atoms with Crippen molar-refractivity contribution in [2.45, 2.75) is 6.42 Å². The van der Waals surface area contributed by atoms with Crippen molar-refractivity contribution in [1.29, 1.82) is 0 Å². The smallest absolute Gasteiger partial charge is 0.273 e. The topological polar surface area (TPSA) is 103 Å². The summed E-state index contributed by atoms with van der Waals surface area (Å²) in [4.78, 5) is 22.4. The molecule has 0 bridgehead atoms. The van der Waals surface area contributed by atoms with Crippen LogP contribution in [0.2, 0.25) is 0 Å². The number of para-hydroxylation sites is 1. The van der Waals surface area contributed by atoms with E-state index in [4.69, 9.17) is 9.47 Å². The molecular weight excluding hydrogens is 406 g/mol. The van der Waals surface area contributed by atoms with E-state index in [1.54, 1.807) is 24.3 Å². The van der Waals surface area contributed by atoms with Crippen LogP contribution in [-0.2, 0) is 11.2 Å². The molecule has 0 atom stereocenters. The van der Waals surface area contributed by atoms with E-state index in [-0.39, 0.29) is 12.1 Å². The Morgan fingerprint density at radius 3 is 2.58 bits per heavy atom. The van der Waals surface area contributed by atoms with Crippen molar-refractivity contribution in [1.82, 2.24) is 5.43 Å². The van der Waals surface area contributed by atoms with Crippen molar-refractivity contribution >= 4 is 33.7 Å². The van der Waals surface area contributed by atoms with E-state index in [0.29, 0.717) is 27.1 Å². The summed E-state index contributed by atoms with van der Waals surface area (Å²) in [6.45, 7) is 0. The maximum absolute atomic E-state index is 12.0. The van der Waals surface area contributed by atoms with Gasteiger partial charge in [-0.2, -0.15) is 5.10 Å². The number of hydrogen-bond donors (Lipinski definition) is 1. The number of ether oxygens (including phenoxy) is 2. The number of carbonyl (C=O) groups excluding carboxylic acids is 1. The molecule has 2 aromatic rings. The van der Waals surface area contributed by atoms with Crippen LogP contribution in [0.5, 0.6) is 11.5 Å². The number of benzene rings is 2. The number of rotatable bonds is 7. The second-order valence-corrected chi connectivity index (χ2v) is 5.94. The molecule has 26 heavy (non-hydrogen) atoms. The summed E-state index contributed by atoms with van der Waals surface area (Å²) in [6, 6.07) is 9.49. The van der Waals surface area contributed by atoms with E-state index in [1.807, 2.05) is 0 Å². The lowest BCUT2D eigenvalue weighted by atomic mass is 10.1. The summed E-state index contributed by atoms with van der Waals surface area (Å²) in [6.07, 6.45) is 1.28. The predicted molar refractivity (Wildman–Crippen MR) is 99.8 cm³/mol. The van der Waals surface area contributed by atoms with E-state index in [9.17, 15) is 14.9 Å². The first kappa shape index (κ1) is 19.4. The summed E-state index contributed by atoms with van der Waals surface area (Å²) in [5.41, 5.74) is 3.23. The number of nitrogens with one attached hydrogen (secondary N) is 1. The second-order valence-electron chi connectivity index (χ2n) is 5.08. The molecule has 2 aromatic carbocycles. The van der Waals surface area contributed by atoms with Gasteiger partial charge in [-0.05, 0) is 28.1 Å². The van der Waals surface area contributed by atoms with Gasteiger partial charge in [-0.3, -0.25) is 14.9 Å². The Bertz CT molecular complexity index is 854. The van der Waals surface area contributed by atoms with Gasteiger partial charge in [-0.25, -0.2) is 5.43 Å². The summed E-state index contributed by atoms with van der Waals surface area (Å²) < 4.78 is 11.1. The summed E-state index contributed by atoms with van der Waals surface area (Å²) in [5, 5.41) is 14.9. The number of methoxy groups -OCH3 is 2. The lowest BCUT2D eigenvalue weighted by Crippen LogP contribution is -2.20. The Kier molecular flexibility index (Phi) is 6.67. The van der Waals surface area contributed by atoms with Gasteiger partial charge < -0.3 is 9.47 Å². The largest absolute Gasteiger partial charge is 0.493 e. The van der Waals surface area contributed by atoms with Crippen LogP contribution in [-0.4, -0.2) is 31.3 Å². The molecule has 9 heteroatoms. The van der Waals surface area contributed by atoms with Crippen LogP contribution >= 0.6 is 15.9 Å². The molecule has 0 fully saturated rings. The number of carbonyl (C=O) groups is 1. The SMILES string of the molecule is COc1cc(Br)c(C=NNC(=O)Cc2ccccc2[N+](=O)[O-])cc1OC. The minimum absolute atomic E-state index is 0.103. The fourth-order valence-corrected chi connectivity index (χ4v) is 2.62. The highest BCUT2D eigenvalue weighted by Gasteiger charge is 2.15. The van der Waals surface area contributed by atoms with Crippen molar-refractivity contribution in [3.8, 4) is 11.5 Å². The molecule has 0 unspecified atom stereocenters. The number of nitrogens with zero attached hydrogens (tertiary/aromatic N) is 2. The predicted octanol–water partition coefficient (Wildman–Crippen LogP) is 3.07. The Hall–Kier alpha value is -2.94. The van der Waals surface area contributed by atoms with Crippen LogP contribution in [0, 0.1) is 10.1 Å². The molecule has 0 aliphatic carbocycles. The molecule has 0 aliphatic rings. The standard InChI is InChI=1S/C17H16BrN3O5/c1-25-15-7-12(13(18)9-16(15)26-2)10-19-20-17(22)8-11-5-3-4-6-14(11)21(23)24/h3-7,9-10H,8H2,1-2H3,(H,20,22). The zero-order chi connectivity index (χ0) is 19.1. The summed E-state index contributed by atoms with van der Waals surface area (Å²) in [7, 11) is 3.04. The normalized spacial score (nSPS) is 10.6. The first-order valence-corrected chi connectivity index (χ1v) is 8.21. The molecule has 0 spiro atoms. The quantitative estimate of drug-likeness (QED) is 0.420. The van der Waals surface area contributed by atoms with Crippen molar-refractivity contribution in [2.24, 2.45) is 5.10 Å². The lowest BCUT2D eigenvalue weighted by Gasteiger charge is -2.09. The number of halogens is 1. The highest BCUT2D eigenvalue weighted by atomic mass is 79.9. The number of amides is 1. The third kappa shape index (κ3) is 4.79. The third-order valence-electron chi connectivity index (χ3n) is 3.44. The molecule has 0 heterocycles. The summed E-state index contributed by atoms with van der Waals surface area (Å²) >= 11 is 3.38. The maximum Gasteiger partial charge on any atom is 0.273 e. The molecule has 8 nitrogen and oxygen atoms in total. The molecule has 0 saturated heterocycles. The van der Waals surface area contributed by atoms with Crippen molar-refractivity contribution < 1.29 is 19.2 Å². The van der Waals surface area contributed by atoms with E-state index < -0.39 is 10.8 Å². The van der Waals surface area contributed by atoms with Gasteiger partial charge in [0.15, 0.2) is 11.5 Å². The average Bonchev–Trinajstić information content (AvgIpc) is 2.62. The van der Waals surface area contributed by atoms with E-state index in [0.717, 1.165) is 0 Å². The van der Waals surface area contributed by atoms with Crippen molar-refractivity contribution in [2.75, 3.05) is 14.2 Å². The number of nitro benzene ring substituents is 1. The minimum Gasteiger partial charge on any atom is -0.493 e. The molecule has 1 amide bonds. The van der Waals surface area contributed by atoms with E-state index >= 15 is 0 Å². The maximum atomic E-state index is 12.0. The molecule has 0 radical (unpaired) electrons. The molecule has 0 saturated carbocycles. The van der Waals surface area contributed by atoms with Gasteiger partial charge in [0.1, 0.15) is 0 Å². The zero-order valence-corrected chi connectivity index (χ0v) is 15.6. The Balaban J connectivity index is 2.07. The lowest BCUT2D eigenvalue weighted by molar-refractivity contribution is -0.385. The van der Waals surface area contributed by atoms with Crippen molar-refractivity contribution in [3.63, 3.8) is 0 Å². The molecule has 0 aromatic heterocycles. The first-order chi connectivity index (χ1) is 12.5. The van der Waals surface area contributed by atoms with Gasteiger partial charge in [0.25, 0.3) is 5.69 Å². The second kappa shape index (κ2) is 8.95. The molecule has 2 rings (SSSR count). The molecule has 1 N–H and O–H groups in total. The summed E-state index contributed by atoms with van der Waals surface area (Å²) in [5.74, 6) is 0.604. The van der Waals surface area contributed by atoms with E-state index in [2.05, 4.69) is 26.5 Å². The van der Waals surface area contributed by atoms with Crippen LogP contribution in [0.15, 0.2) is 46.0 Å². The minimum atomic E-state index is -0.521. The molecule has 0 aliphatic heterocycles. The highest BCUT2D eigenvalue weighted by Crippen LogP contribution is 2.32. The zero-order valence-electron chi connectivity index (χ0n) is 14.1. The number of hydrazone groups is 1. The fourth-order valence-electron chi connectivity index (χ4n) is 2.19. The highest BCUT2D eigenvalue weighted by molar-refractivity contribution is 9.10. The van der Waals surface area contributed by atoms with Gasteiger partial charge in [-0.1, -0.05) is 18.2 Å². The first-order valence-electron chi connectivity index (χ1n) is 7.42. The fraction of sp³-hybridized carbons (Fsp3) is 0.176. The van der Waals surface area contributed by atoms with Gasteiger partial charge in [0, 0.05) is 21.7 Å². The van der Waals surface area contributed by atoms with Crippen LogP contribution in [0.4, 0.5) is 5.69 Å². The van der Waals surface area contributed by atoms with Gasteiger partial charge in [-0.15, -0.1) is 0 Å². The number of hydrogen-bond acceptors (Lipinski definition) is 6. The number of nitro groups is 1. The van der Waals surface area contributed by atoms with Gasteiger partial charge in [0.2, 0.25) is 5.91 Å². The van der Waals surface area contributed by atoms with Crippen molar-refractivity contribution in [3.05, 3.63) is 62.1 Å². The third-order valence-corrected chi connectivity index (χ3v) is 4.12. The van der Waals surface area contributed by atoms with Crippen LogP contribution in [0.3, 0.4) is 0 Å². The van der Waals surface area contributed by atoms with Gasteiger partial charge in [0.05, 0.1) is 31.8 Å². The van der Waals surface area contributed by atoms with E-state index in [1.165, 1.54) is 32.6 Å². The average molecular weight is 422 g/mol. The van der Waals surface area contributed by atoms with Crippen LogP contribution < -0.4 is 14.9 Å². The molecule has 136 valence electrons. The van der Waals surface area contributed by atoms with Gasteiger partial charge >= 0.3 is 0 Å². The Labute approximate surface area is 158 Å². The van der Waals surface area contributed by atoms with Crippen LogP contribution in [0.1, 0.15) is 11.1 Å². The Morgan fingerprint density at radius 1 is 1.27 bits per heavy atom. The molecular formula is C17H16BrN3O5. The Morgan fingerprint density at radius 2 is 1.92 bits per heavy atom. The van der Waals surface area contributed by atoms with Crippen LogP contribution in [0.25, 0.3) is 0 Å². The monoisotopic (exact) mass is 421 g/mol.